The number of aromatic nitrogens is 1. The van der Waals surface area contributed by atoms with Gasteiger partial charge in [0.05, 0.1) is 28.5 Å². The van der Waals surface area contributed by atoms with Crippen molar-refractivity contribution in [1.29, 1.82) is 0 Å². The molecule has 2 aromatic rings. The average molecular weight is 355 g/mol. The Bertz CT molecular complexity index is 770. The number of amides is 2. The van der Waals surface area contributed by atoms with Gasteiger partial charge in [-0.3, -0.25) is 9.59 Å². The largest absolute Gasteiger partial charge is 0.351 e. The molecule has 4 rings (SSSR count). The third-order valence-corrected chi connectivity index (χ3v) is 5.75. The minimum Gasteiger partial charge on any atom is -0.351 e. The van der Waals surface area contributed by atoms with Crippen LogP contribution in [0.1, 0.15) is 30.6 Å². The van der Waals surface area contributed by atoms with Crippen LogP contribution >= 0.6 is 11.3 Å². The van der Waals surface area contributed by atoms with Crippen molar-refractivity contribution < 1.29 is 9.59 Å². The molecule has 5 nitrogen and oxygen atoms in total. The number of piperidine rings is 1. The molecule has 1 aliphatic carbocycles. The smallest absolute Gasteiger partial charge is 0.225 e. The van der Waals surface area contributed by atoms with E-state index in [2.05, 4.69) is 10.3 Å². The van der Waals surface area contributed by atoms with Crippen LogP contribution in [0.4, 0.5) is 0 Å². The maximum absolute atomic E-state index is 12.6. The van der Waals surface area contributed by atoms with Crippen molar-refractivity contribution in [3.05, 3.63) is 40.7 Å². The van der Waals surface area contributed by atoms with E-state index >= 15 is 0 Å². The van der Waals surface area contributed by atoms with Crippen LogP contribution in [0, 0.1) is 5.92 Å². The Labute approximate surface area is 151 Å². The van der Waals surface area contributed by atoms with E-state index in [0.29, 0.717) is 32.0 Å². The second-order valence-corrected chi connectivity index (χ2v) is 7.66. The van der Waals surface area contributed by atoms with Crippen LogP contribution < -0.4 is 5.32 Å². The van der Waals surface area contributed by atoms with Crippen molar-refractivity contribution in [2.45, 2.75) is 38.3 Å². The number of carbonyl (C=O) groups is 2. The minimum atomic E-state index is -0.0913. The molecule has 2 heterocycles. The molecule has 1 N–H and O–H groups in total. The van der Waals surface area contributed by atoms with Crippen molar-refractivity contribution in [2.75, 3.05) is 6.54 Å². The van der Waals surface area contributed by atoms with Gasteiger partial charge in [0.1, 0.15) is 0 Å². The molecule has 0 bridgehead atoms. The first kappa shape index (κ1) is 16.3. The van der Waals surface area contributed by atoms with Crippen molar-refractivity contribution in [3.8, 4) is 11.3 Å². The van der Waals surface area contributed by atoms with Crippen LogP contribution in [0.25, 0.3) is 11.3 Å². The molecule has 6 heteroatoms. The average Bonchev–Trinajstić information content (AvgIpc) is 3.38. The van der Waals surface area contributed by atoms with E-state index in [0.717, 1.165) is 29.0 Å². The molecule has 2 fully saturated rings. The quantitative estimate of drug-likeness (QED) is 0.897. The van der Waals surface area contributed by atoms with Crippen LogP contribution in [-0.2, 0) is 16.1 Å². The lowest BCUT2D eigenvalue weighted by Crippen LogP contribution is -2.46. The first-order valence-corrected chi connectivity index (χ1v) is 9.65. The number of thiazole rings is 1. The number of nitrogens with one attached hydrogen (secondary N) is 1. The van der Waals surface area contributed by atoms with E-state index in [1.165, 1.54) is 0 Å². The van der Waals surface area contributed by atoms with Crippen molar-refractivity contribution in [1.82, 2.24) is 15.2 Å². The van der Waals surface area contributed by atoms with Gasteiger partial charge in [0.25, 0.3) is 0 Å². The van der Waals surface area contributed by atoms with Gasteiger partial charge in [-0.2, -0.15) is 0 Å². The molecule has 0 spiro atoms. The lowest BCUT2D eigenvalue weighted by molar-refractivity contribution is -0.138. The Balaban J connectivity index is 1.38. The molecule has 2 amide bonds. The number of carbonyl (C=O) groups excluding carboxylic acids is 2. The molecule has 25 heavy (non-hydrogen) atoms. The maximum Gasteiger partial charge on any atom is 0.225 e. The minimum absolute atomic E-state index is 0.0468. The van der Waals surface area contributed by atoms with Gasteiger partial charge in [-0.15, -0.1) is 11.3 Å². The van der Waals surface area contributed by atoms with Crippen LogP contribution in [0.15, 0.2) is 35.8 Å². The van der Waals surface area contributed by atoms with E-state index in [9.17, 15) is 9.59 Å². The predicted molar refractivity (Wildman–Crippen MR) is 96.9 cm³/mol. The summed E-state index contributed by atoms with van der Waals surface area (Å²) in [6, 6.07) is 10.4. The highest BCUT2D eigenvalue weighted by Crippen LogP contribution is 2.32. The zero-order valence-electron chi connectivity index (χ0n) is 14.0. The summed E-state index contributed by atoms with van der Waals surface area (Å²) in [5.74, 6) is 0.164. The summed E-state index contributed by atoms with van der Waals surface area (Å²) in [6.07, 6.45) is 3.31. The zero-order valence-corrected chi connectivity index (χ0v) is 14.8. The van der Waals surface area contributed by atoms with Crippen molar-refractivity contribution in [3.63, 3.8) is 0 Å². The van der Waals surface area contributed by atoms with Crippen molar-refractivity contribution >= 4 is 23.2 Å². The van der Waals surface area contributed by atoms with Crippen molar-refractivity contribution in [2.24, 2.45) is 5.92 Å². The SMILES string of the molecule is O=C(NCc1scnc1-c1ccccc1)[C@@H]1CCC(=O)N(C2CC2)C1. The highest BCUT2D eigenvalue weighted by Gasteiger charge is 2.38. The Morgan fingerprint density at radius 2 is 2.04 bits per heavy atom. The third kappa shape index (κ3) is 3.58. The number of hydrogen-bond acceptors (Lipinski definition) is 4. The van der Waals surface area contributed by atoms with Gasteiger partial charge in [0.2, 0.25) is 11.8 Å². The third-order valence-electron chi connectivity index (χ3n) is 4.91. The zero-order chi connectivity index (χ0) is 17.2. The summed E-state index contributed by atoms with van der Waals surface area (Å²) in [5.41, 5.74) is 3.82. The van der Waals surface area contributed by atoms with E-state index in [-0.39, 0.29) is 17.7 Å². The standard InChI is InChI=1S/C19H21N3O2S/c23-17-9-6-14(11-22(17)15-7-8-15)19(24)20-10-16-18(21-12-25-16)13-4-2-1-3-5-13/h1-5,12,14-15H,6-11H2,(H,20,24)/t14-/m1/s1. The second kappa shape index (κ2) is 6.96. The number of likely N-dealkylation sites (tertiary alicyclic amines) is 1. The summed E-state index contributed by atoms with van der Waals surface area (Å²) in [4.78, 5) is 32.0. The lowest BCUT2D eigenvalue weighted by Gasteiger charge is -2.32. The Morgan fingerprint density at radius 3 is 2.80 bits per heavy atom. The highest BCUT2D eigenvalue weighted by molar-refractivity contribution is 7.10. The van der Waals surface area contributed by atoms with Gasteiger partial charge in [-0.05, 0) is 19.3 Å². The Kier molecular flexibility index (Phi) is 4.53. The van der Waals surface area contributed by atoms with Crippen LogP contribution in [0.2, 0.25) is 0 Å². The normalized spacial score (nSPS) is 20.6. The number of benzene rings is 1. The van der Waals surface area contributed by atoms with E-state index < -0.39 is 0 Å². The van der Waals surface area contributed by atoms with E-state index in [4.69, 9.17) is 0 Å². The molecule has 1 saturated heterocycles. The maximum atomic E-state index is 12.6. The molecule has 0 unspecified atom stereocenters. The highest BCUT2D eigenvalue weighted by atomic mass is 32.1. The van der Waals surface area contributed by atoms with Gasteiger partial charge in [-0.25, -0.2) is 4.98 Å². The Morgan fingerprint density at radius 1 is 1.24 bits per heavy atom. The van der Waals surface area contributed by atoms with E-state index in [1.54, 1.807) is 11.3 Å². The molecular formula is C19H21N3O2S. The number of rotatable bonds is 5. The first-order chi connectivity index (χ1) is 12.2. The molecule has 1 saturated carbocycles. The molecular weight excluding hydrogens is 334 g/mol. The van der Waals surface area contributed by atoms with Gasteiger partial charge in [0, 0.05) is 24.6 Å². The number of hydrogen-bond donors (Lipinski definition) is 1. The summed E-state index contributed by atoms with van der Waals surface area (Å²) < 4.78 is 0. The molecule has 0 radical (unpaired) electrons. The fourth-order valence-corrected chi connectivity index (χ4v) is 4.09. The monoisotopic (exact) mass is 355 g/mol. The Hall–Kier alpha value is -2.21. The molecule has 130 valence electrons. The van der Waals surface area contributed by atoms with Crippen LogP contribution in [-0.4, -0.2) is 34.3 Å². The summed E-state index contributed by atoms with van der Waals surface area (Å²) in [7, 11) is 0. The van der Waals surface area contributed by atoms with Crippen LogP contribution in [0.5, 0.6) is 0 Å². The molecule has 1 atom stereocenters. The first-order valence-electron chi connectivity index (χ1n) is 8.77. The fraction of sp³-hybridized carbons (Fsp3) is 0.421. The lowest BCUT2D eigenvalue weighted by atomic mass is 9.96. The number of nitrogens with zero attached hydrogens (tertiary/aromatic N) is 2. The summed E-state index contributed by atoms with van der Waals surface area (Å²) in [5, 5.41) is 3.05. The van der Waals surface area contributed by atoms with Crippen LogP contribution in [0.3, 0.4) is 0 Å². The van der Waals surface area contributed by atoms with Gasteiger partial charge in [-0.1, -0.05) is 30.3 Å². The molecule has 2 aliphatic rings. The summed E-state index contributed by atoms with van der Waals surface area (Å²) >= 11 is 1.56. The van der Waals surface area contributed by atoms with E-state index in [1.807, 2.05) is 40.7 Å². The summed E-state index contributed by atoms with van der Waals surface area (Å²) in [6.45, 7) is 1.06. The van der Waals surface area contributed by atoms with Gasteiger partial charge < -0.3 is 10.2 Å². The molecule has 1 aromatic heterocycles. The molecule has 1 aromatic carbocycles. The van der Waals surface area contributed by atoms with Gasteiger partial charge >= 0.3 is 0 Å². The molecule has 1 aliphatic heterocycles. The second-order valence-electron chi connectivity index (χ2n) is 6.72. The topological polar surface area (TPSA) is 62.3 Å². The fourth-order valence-electron chi connectivity index (χ4n) is 3.36. The predicted octanol–water partition coefficient (Wildman–Crippen LogP) is 2.83. The van der Waals surface area contributed by atoms with Gasteiger partial charge in [0.15, 0.2) is 0 Å².